The van der Waals surface area contributed by atoms with Crippen LogP contribution in [-0.2, 0) is 0 Å². The molecule has 0 radical (unpaired) electrons. The number of rotatable bonds is 9. The predicted molar refractivity (Wildman–Crippen MR) is 161 cm³/mol. The maximum absolute atomic E-state index is 13.3. The number of methoxy groups -OCH3 is 1. The lowest BCUT2D eigenvalue weighted by atomic mass is 10.0. The van der Waals surface area contributed by atoms with Crippen LogP contribution >= 0.6 is 11.6 Å². The highest BCUT2D eigenvalue weighted by molar-refractivity contribution is 6.32. The second-order valence-electron chi connectivity index (χ2n) is 10.8. The lowest BCUT2D eigenvalue weighted by Crippen LogP contribution is -2.46. The van der Waals surface area contributed by atoms with Crippen molar-refractivity contribution in [2.45, 2.75) is 25.0 Å². The van der Waals surface area contributed by atoms with Crippen LogP contribution in [0.1, 0.15) is 33.6 Å². The van der Waals surface area contributed by atoms with Gasteiger partial charge in [-0.2, -0.15) is 0 Å². The number of halogens is 1. The number of hydrogen-bond acceptors (Lipinski definition) is 9. The van der Waals surface area contributed by atoms with Crippen molar-refractivity contribution in [3.8, 4) is 22.9 Å². The van der Waals surface area contributed by atoms with Gasteiger partial charge in [0.05, 0.1) is 40.0 Å². The van der Waals surface area contributed by atoms with Gasteiger partial charge in [0.2, 0.25) is 0 Å². The number of nitrogens with zero attached hydrogens (tertiary/aromatic N) is 3. The Kier molecular flexibility index (Phi) is 7.82. The van der Waals surface area contributed by atoms with Crippen LogP contribution in [-0.4, -0.2) is 94.2 Å². The Bertz CT molecular complexity index is 1710. The molecule has 13 heteroatoms. The van der Waals surface area contributed by atoms with Gasteiger partial charge in [-0.3, -0.25) is 19.3 Å². The number of H-pyrrole nitrogens is 2. The number of amides is 2. The fourth-order valence-corrected chi connectivity index (χ4v) is 5.69. The number of ether oxygens (including phenoxy) is 2. The van der Waals surface area contributed by atoms with E-state index in [0.717, 1.165) is 25.9 Å². The zero-order valence-electron chi connectivity index (χ0n) is 23.6. The fourth-order valence-electron chi connectivity index (χ4n) is 5.52. The van der Waals surface area contributed by atoms with Gasteiger partial charge < -0.3 is 34.8 Å². The van der Waals surface area contributed by atoms with E-state index in [1.807, 2.05) is 7.05 Å². The Morgan fingerprint density at radius 1 is 1.12 bits per heavy atom. The van der Waals surface area contributed by atoms with E-state index in [9.17, 15) is 19.5 Å². The highest BCUT2D eigenvalue weighted by Crippen LogP contribution is 2.33. The molecule has 1 unspecified atom stereocenters. The average molecular weight is 607 g/mol. The maximum Gasteiger partial charge on any atom is 0.261 e. The number of imidazole rings is 1. The summed E-state index contributed by atoms with van der Waals surface area (Å²) in [6.45, 7) is 1.65. The Balaban J connectivity index is 1.20. The molecule has 1 saturated heterocycles. The number of imide groups is 1. The summed E-state index contributed by atoms with van der Waals surface area (Å²) in [6.07, 6.45) is 2.02. The lowest BCUT2D eigenvalue weighted by Gasteiger charge is -2.33. The van der Waals surface area contributed by atoms with Gasteiger partial charge in [0.25, 0.3) is 17.4 Å². The highest BCUT2D eigenvalue weighted by Gasteiger charge is 2.41. The monoisotopic (exact) mass is 606 g/mol. The van der Waals surface area contributed by atoms with E-state index in [-0.39, 0.29) is 42.4 Å². The number of aromatic nitrogens is 3. The standard InChI is InChI=1S/C30H31ClN6O6/c1-36-9-6-16(7-10-36)37-29(40)19-12-23-24(13-20(19)30(37)41)35-27(34-23)26-22(5-8-32-28(26)39)33-14-17(38)15-43-25-11-18(42-2)3-4-21(25)31/h3-5,8,11-13,16-17,38H,6-7,9-10,14-15H2,1-2H3,(H,34,35)(H2,32,33,39). The molecule has 4 heterocycles. The van der Waals surface area contributed by atoms with Crippen molar-refractivity contribution in [1.82, 2.24) is 24.8 Å². The zero-order chi connectivity index (χ0) is 30.2. The number of fused-ring (bicyclic) bond motifs is 2. The van der Waals surface area contributed by atoms with E-state index >= 15 is 0 Å². The summed E-state index contributed by atoms with van der Waals surface area (Å²) < 4.78 is 10.9. The number of likely N-dealkylation sites (tertiary alicyclic amines) is 1. The molecule has 4 aromatic rings. The molecule has 0 aliphatic carbocycles. The Morgan fingerprint density at radius 2 is 1.86 bits per heavy atom. The van der Waals surface area contributed by atoms with Gasteiger partial charge in [-0.25, -0.2) is 4.98 Å². The maximum atomic E-state index is 13.3. The summed E-state index contributed by atoms with van der Waals surface area (Å²) in [5, 5.41) is 14.0. The third-order valence-electron chi connectivity index (χ3n) is 7.87. The number of piperidine rings is 1. The molecule has 2 aliphatic rings. The van der Waals surface area contributed by atoms with Crippen LogP contribution < -0.4 is 20.3 Å². The molecular formula is C30H31ClN6O6. The van der Waals surface area contributed by atoms with E-state index in [0.29, 0.717) is 44.4 Å². The summed E-state index contributed by atoms with van der Waals surface area (Å²) in [5.74, 6) is 0.576. The molecule has 0 saturated carbocycles. The molecule has 1 fully saturated rings. The van der Waals surface area contributed by atoms with Crippen molar-refractivity contribution in [1.29, 1.82) is 0 Å². The fraction of sp³-hybridized carbons (Fsp3) is 0.333. The first-order valence-electron chi connectivity index (χ1n) is 13.9. The minimum Gasteiger partial charge on any atom is -0.497 e. The average Bonchev–Trinajstić information content (AvgIpc) is 3.52. The summed E-state index contributed by atoms with van der Waals surface area (Å²) in [4.78, 5) is 53.5. The summed E-state index contributed by atoms with van der Waals surface area (Å²) >= 11 is 6.18. The summed E-state index contributed by atoms with van der Waals surface area (Å²) in [7, 11) is 3.56. The van der Waals surface area contributed by atoms with Crippen LogP contribution in [0.4, 0.5) is 5.69 Å². The van der Waals surface area contributed by atoms with Crippen molar-refractivity contribution in [2.24, 2.45) is 0 Å². The van der Waals surface area contributed by atoms with Crippen LogP contribution in [0.5, 0.6) is 11.5 Å². The molecule has 0 spiro atoms. The second-order valence-corrected chi connectivity index (χ2v) is 11.2. The number of anilines is 1. The van der Waals surface area contributed by atoms with Gasteiger partial charge in [-0.1, -0.05) is 11.6 Å². The van der Waals surface area contributed by atoms with Crippen LogP contribution in [0.25, 0.3) is 22.4 Å². The second kappa shape index (κ2) is 11.7. The van der Waals surface area contributed by atoms with Crippen molar-refractivity contribution in [3.63, 3.8) is 0 Å². The summed E-state index contributed by atoms with van der Waals surface area (Å²) in [6, 6.07) is 9.73. The van der Waals surface area contributed by atoms with Crippen molar-refractivity contribution >= 4 is 40.1 Å². The Labute approximate surface area is 251 Å². The van der Waals surface area contributed by atoms with Crippen LogP contribution in [0.3, 0.4) is 0 Å². The van der Waals surface area contributed by atoms with Gasteiger partial charge >= 0.3 is 0 Å². The molecule has 224 valence electrons. The van der Waals surface area contributed by atoms with Gasteiger partial charge in [0, 0.05) is 24.8 Å². The van der Waals surface area contributed by atoms with E-state index < -0.39 is 11.7 Å². The third-order valence-corrected chi connectivity index (χ3v) is 8.18. The third kappa shape index (κ3) is 5.56. The zero-order valence-corrected chi connectivity index (χ0v) is 24.4. The number of aliphatic hydroxyl groups is 1. The molecule has 2 aromatic carbocycles. The smallest absolute Gasteiger partial charge is 0.261 e. The molecule has 2 aliphatic heterocycles. The highest BCUT2D eigenvalue weighted by atomic mass is 35.5. The minimum atomic E-state index is -0.947. The summed E-state index contributed by atoms with van der Waals surface area (Å²) in [5.41, 5.74) is 1.85. The number of pyridine rings is 1. The molecule has 4 N–H and O–H groups in total. The molecule has 1 atom stereocenters. The van der Waals surface area contributed by atoms with Gasteiger partial charge in [0.15, 0.2) is 0 Å². The van der Waals surface area contributed by atoms with Crippen LogP contribution in [0, 0.1) is 0 Å². The largest absolute Gasteiger partial charge is 0.497 e. The molecular weight excluding hydrogens is 576 g/mol. The number of carbonyl (C=O) groups excluding carboxylic acids is 2. The normalized spacial score (nSPS) is 16.5. The van der Waals surface area contributed by atoms with Crippen molar-refractivity contribution < 1.29 is 24.2 Å². The molecule has 12 nitrogen and oxygen atoms in total. The number of benzene rings is 2. The van der Waals surface area contributed by atoms with Crippen LogP contribution in [0.2, 0.25) is 5.02 Å². The van der Waals surface area contributed by atoms with Crippen molar-refractivity contribution in [2.75, 3.05) is 45.7 Å². The molecule has 43 heavy (non-hydrogen) atoms. The molecule has 2 amide bonds. The number of aromatic amines is 2. The Hall–Kier alpha value is -4.39. The molecule has 2 aromatic heterocycles. The first-order chi connectivity index (χ1) is 20.7. The van der Waals surface area contributed by atoms with Crippen LogP contribution in [0.15, 0.2) is 47.4 Å². The number of hydrogen-bond donors (Lipinski definition) is 4. The van der Waals surface area contributed by atoms with Gasteiger partial charge in [0.1, 0.15) is 35.6 Å². The van der Waals surface area contributed by atoms with E-state index in [1.165, 1.54) is 18.2 Å². The van der Waals surface area contributed by atoms with E-state index in [4.69, 9.17) is 21.1 Å². The first-order valence-corrected chi connectivity index (χ1v) is 14.3. The van der Waals surface area contributed by atoms with E-state index in [2.05, 4.69) is 25.2 Å². The van der Waals surface area contributed by atoms with Gasteiger partial charge in [-0.05, 0) is 63.3 Å². The quantitative estimate of drug-likeness (QED) is 0.211. The SMILES string of the molecule is COc1ccc(Cl)c(OCC(O)CNc2cc[nH]c(=O)c2-c2nc3cc4c(cc3[nH]2)C(=O)N(C2CCN(C)CC2)C4=O)c1. The topological polar surface area (TPSA) is 153 Å². The van der Waals surface area contributed by atoms with Gasteiger partial charge in [-0.15, -0.1) is 0 Å². The first kappa shape index (κ1) is 28.7. The van der Waals surface area contributed by atoms with Crippen molar-refractivity contribution in [3.05, 3.63) is 69.1 Å². The predicted octanol–water partition coefficient (Wildman–Crippen LogP) is 3.12. The Morgan fingerprint density at radius 3 is 2.60 bits per heavy atom. The number of carbonyl (C=O) groups is 2. The van der Waals surface area contributed by atoms with E-state index in [1.54, 1.807) is 36.4 Å². The number of aliphatic hydroxyl groups excluding tert-OH is 1. The minimum absolute atomic E-state index is 0.0579. The molecule has 6 rings (SSSR count). The lowest BCUT2D eigenvalue weighted by molar-refractivity contribution is 0.0516. The number of nitrogens with one attached hydrogen (secondary N) is 3. The molecule has 0 bridgehead atoms.